The van der Waals surface area contributed by atoms with Crippen LogP contribution in [0.4, 0.5) is 4.39 Å². The first-order valence-corrected chi connectivity index (χ1v) is 6.17. The van der Waals surface area contributed by atoms with Gasteiger partial charge in [-0.1, -0.05) is 17.7 Å². The van der Waals surface area contributed by atoms with E-state index in [2.05, 4.69) is 4.74 Å². The van der Waals surface area contributed by atoms with Crippen LogP contribution in [0.25, 0.3) is 0 Å². The van der Waals surface area contributed by atoms with Gasteiger partial charge in [-0.25, -0.2) is 4.39 Å². The molecule has 0 saturated carbocycles. The lowest BCUT2D eigenvalue weighted by Crippen LogP contribution is -2.10. The maximum absolute atomic E-state index is 11.7. The van der Waals surface area contributed by atoms with Crippen molar-refractivity contribution in [2.24, 2.45) is 0 Å². The molecule has 0 spiro atoms. The third-order valence-corrected chi connectivity index (χ3v) is 2.36. The van der Waals surface area contributed by atoms with E-state index in [1.165, 1.54) is 6.07 Å². The standard InChI is InChI=1S/C13H14ClFO4/c14-10-3-1-4-11(9-10)19-13(17)6-2-5-12(16)18-8-7-15/h1,3-4,9H,2,5-8H2. The summed E-state index contributed by atoms with van der Waals surface area (Å²) < 4.78 is 21.3. The van der Waals surface area contributed by atoms with Crippen molar-refractivity contribution in [3.63, 3.8) is 0 Å². The van der Waals surface area contributed by atoms with Crippen LogP contribution < -0.4 is 4.74 Å². The number of alkyl halides is 1. The van der Waals surface area contributed by atoms with Gasteiger partial charge in [0.15, 0.2) is 0 Å². The first kappa shape index (κ1) is 15.4. The van der Waals surface area contributed by atoms with Gasteiger partial charge in [0.05, 0.1) is 0 Å². The van der Waals surface area contributed by atoms with Gasteiger partial charge >= 0.3 is 11.9 Å². The maximum Gasteiger partial charge on any atom is 0.311 e. The lowest BCUT2D eigenvalue weighted by atomic mass is 10.2. The van der Waals surface area contributed by atoms with E-state index in [4.69, 9.17) is 16.3 Å². The predicted molar refractivity (Wildman–Crippen MR) is 67.9 cm³/mol. The molecule has 0 aromatic heterocycles. The molecule has 104 valence electrons. The number of hydrogen-bond acceptors (Lipinski definition) is 4. The van der Waals surface area contributed by atoms with Crippen LogP contribution >= 0.6 is 11.6 Å². The zero-order valence-electron chi connectivity index (χ0n) is 10.2. The van der Waals surface area contributed by atoms with Crippen LogP contribution in [0.1, 0.15) is 19.3 Å². The third kappa shape index (κ3) is 6.76. The van der Waals surface area contributed by atoms with E-state index in [9.17, 15) is 14.0 Å². The van der Waals surface area contributed by atoms with Crippen LogP contribution in [0, 0.1) is 0 Å². The van der Waals surface area contributed by atoms with Crippen LogP contribution in [0.15, 0.2) is 24.3 Å². The van der Waals surface area contributed by atoms with Gasteiger partial charge < -0.3 is 9.47 Å². The lowest BCUT2D eigenvalue weighted by molar-refractivity contribution is -0.144. The molecule has 0 aliphatic heterocycles. The zero-order chi connectivity index (χ0) is 14.1. The molecule has 0 radical (unpaired) electrons. The summed E-state index contributed by atoms with van der Waals surface area (Å²) in [5.41, 5.74) is 0. The Morgan fingerprint density at radius 1 is 1.21 bits per heavy atom. The molecule has 0 aliphatic carbocycles. The highest BCUT2D eigenvalue weighted by molar-refractivity contribution is 6.30. The summed E-state index contributed by atoms with van der Waals surface area (Å²) in [5.74, 6) is -0.619. The molecule has 0 amide bonds. The van der Waals surface area contributed by atoms with Gasteiger partial charge in [0.25, 0.3) is 0 Å². The molecule has 1 aromatic carbocycles. The van der Waals surface area contributed by atoms with Crippen molar-refractivity contribution in [3.8, 4) is 5.75 Å². The highest BCUT2D eigenvalue weighted by atomic mass is 35.5. The van der Waals surface area contributed by atoms with Gasteiger partial charge in [0.2, 0.25) is 0 Å². The fourth-order valence-electron chi connectivity index (χ4n) is 1.31. The topological polar surface area (TPSA) is 52.6 Å². The molecule has 1 aromatic rings. The average molecular weight is 289 g/mol. The smallest absolute Gasteiger partial charge is 0.311 e. The van der Waals surface area contributed by atoms with E-state index < -0.39 is 18.6 Å². The van der Waals surface area contributed by atoms with Crippen LogP contribution in [-0.2, 0) is 14.3 Å². The van der Waals surface area contributed by atoms with Crippen molar-refractivity contribution in [2.45, 2.75) is 19.3 Å². The number of ether oxygens (including phenoxy) is 2. The minimum absolute atomic E-state index is 0.0602. The second-order valence-electron chi connectivity index (χ2n) is 3.69. The number of rotatable bonds is 7. The molecule has 0 saturated heterocycles. The summed E-state index contributed by atoms with van der Waals surface area (Å²) in [6.45, 7) is -0.950. The molecular weight excluding hydrogens is 275 g/mol. The molecule has 1 rings (SSSR count). The van der Waals surface area contributed by atoms with Crippen LogP contribution in [0.5, 0.6) is 5.75 Å². The largest absolute Gasteiger partial charge is 0.463 e. The van der Waals surface area contributed by atoms with Gasteiger partial charge in [-0.05, 0) is 24.6 Å². The number of benzene rings is 1. The zero-order valence-corrected chi connectivity index (χ0v) is 11.0. The Labute approximate surface area is 115 Å². The molecule has 0 unspecified atom stereocenters. The highest BCUT2D eigenvalue weighted by Crippen LogP contribution is 2.17. The molecule has 0 atom stereocenters. The lowest BCUT2D eigenvalue weighted by Gasteiger charge is -2.04. The SMILES string of the molecule is O=C(CCCC(=O)Oc1cccc(Cl)c1)OCCF. The summed E-state index contributed by atoms with van der Waals surface area (Å²) in [7, 11) is 0. The summed E-state index contributed by atoms with van der Waals surface area (Å²) in [6, 6.07) is 6.47. The van der Waals surface area contributed by atoms with Gasteiger partial charge in [-0.2, -0.15) is 0 Å². The summed E-state index contributed by atoms with van der Waals surface area (Å²) in [6.07, 6.45) is 0.437. The molecule has 0 bridgehead atoms. The quantitative estimate of drug-likeness (QED) is 0.572. The highest BCUT2D eigenvalue weighted by Gasteiger charge is 2.08. The van der Waals surface area contributed by atoms with Crippen molar-refractivity contribution < 1.29 is 23.5 Å². The van der Waals surface area contributed by atoms with E-state index in [-0.39, 0.29) is 19.4 Å². The molecule has 6 heteroatoms. The molecule has 19 heavy (non-hydrogen) atoms. The number of carbonyl (C=O) groups excluding carboxylic acids is 2. The predicted octanol–water partition coefficient (Wildman–Crippen LogP) is 2.93. The van der Waals surface area contributed by atoms with Crippen molar-refractivity contribution >= 4 is 23.5 Å². The second kappa shape index (κ2) is 8.48. The Hall–Kier alpha value is -1.62. The van der Waals surface area contributed by atoms with Gasteiger partial charge in [-0.3, -0.25) is 9.59 Å². The fourth-order valence-corrected chi connectivity index (χ4v) is 1.49. The number of hydrogen-bond donors (Lipinski definition) is 0. The molecule has 0 aliphatic rings. The van der Waals surface area contributed by atoms with E-state index >= 15 is 0 Å². The Morgan fingerprint density at radius 2 is 1.95 bits per heavy atom. The van der Waals surface area contributed by atoms with Crippen molar-refractivity contribution in [3.05, 3.63) is 29.3 Å². The van der Waals surface area contributed by atoms with E-state index in [1.807, 2.05) is 0 Å². The fraction of sp³-hybridized carbons (Fsp3) is 0.385. The monoisotopic (exact) mass is 288 g/mol. The van der Waals surface area contributed by atoms with Gasteiger partial charge in [0.1, 0.15) is 19.0 Å². The molecular formula is C13H14ClFO4. The molecule has 4 nitrogen and oxygen atoms in total. The van der Waals surface area contributed by atoms with Crippen molar-refractivity contribution in [1.82, 2.24) is 0 Å². The number of halogens is 2. The Balaban J connectivity index is 2.23. The van der Waals surface area contributed by atoms with E-state index in [0.717, 1.165) is 0 Å². The third-order valence-electron chi connectivity index (χ3n) is 2.13. The molecule has 0 fully saturated rings. The maximum atomic E-state index is 11.7. The normalized spacial score (nSPS) is 10.0. The van der Waals surface area contributed by atoms with Crippen molar-refractivity contribution in [2.75, 3.05) is 13.3 Å². The average Bonchev–Trinajstić information content (AvgIpc) is 2.36. The van der Waals surface area contributed by atoms with E-state index in [0.29, 0.717) is 17.2 Å². The van der Waals surface area contributed by atoms with Crippen molar-refractivity contribution in [1.29, 1.82) is 0 Å². The van der Waals surface area contributed by atoms with Gasteiger partial charge in [-0.15, -0.1) is 0 Å². The Kier molecular flexibility index (Phi) is 6.89. The van der Waals surface area contributed by atoms with E-state index in [1.54, 1.807) is 18.2 Å². The molecule has 0 N–H and O–H groups in total. The first-order valence-electron chi connectivity index (χ1n) is 5.79. The summed E-state index contributed by atoms with van der Waals surface area (Å²) in [5, 5.41) is 0.472. The number of carbonyl (C=O) groups is 2. The second-order valence-corrected chi connectivity index (χ2v) is 4.13. The minimum Gasteiger partial charge on any atom is -0.463 e. The number of esters is 2. The van der Waals surface area contributed by atoms with Gasteiger partial charge in [0, 0.05) is 17.9 Å². The van der Waals surface area contributed by atoms with Crippen LogP contribution in [0.3, 0.4) is 0 Å². The van der Waals surface area contributed by atoms with Crippen LogP contribution in [-0.4, -0.2) is 25.2 Å². The molecule has 0 heterocycles. The Morgan fingerprint density at radius 3 is 2.63 bits per heavy atom. The van der Waals surface area contributed by atoms with Crippen LogP contribution in [0.2, 0.25) is 5.02 Å². The first-order chi connectivity index (χ1) is 9.11. The summed E-state index contributed by atoms with van der Waals surface area (Å²) in [4.78, 5) is 22.5. The summed E-state index contributed by atoms with van der Waals surface area (Å²) >= 11 is 5.74. The minimum atomic E-state index is -0.706. The Bertz CT molecular complexity index is 436.